The van der Waals surface area contributed by atoms with Gasteiger partial charge in [0.2, 0.25) is 0 Å². The average Bonchev–Trinajstić information content (AvgIpc) is 3.06. The topological polar surface area (TPSA) is 71.7 Å². The number of hydrogen-bond acceptors (Lipinski definition) is 4. The van der Waals surface area contributed by atoms with Gasteiger partial charge in [-0.3, -0.25) is 4.79 Å². The summed E-state index contributed by atoms with van der Waals surface area (Å²) in [5, 5.41) is 12.0. The number of carbonyl (C=O) groups excluding carboxylic acids is 1. The van der Waals surface area contributed by atoms with E-state index in [1.165, 1.54) is 0 Å². The van der Waals surface area contributed by atoms with Crippen LogP contribution in [0, 0.1) is 6.92 Å². The van der Waals surface area contributed by atoms with Crippen molar-refractivity contribution < 1.29 is 19.1 Å². The molecule has 0 unspecified atom stereocenters. The van der Waals surface area contributed by atoms with Crippen molar-refractivity contribution in [2.75, 3.05) is 5.32 Å². The zero-order valence-electron chi connectivity index (χ0n) is 13.2. The molecule has 24 heavy (non-hydrogen) atoms. The number of nitrogens with one attached hydrogen (secondary N) is 1. The van der Waals surface area contributed by atoms with Crippen LogP contribution in [0.1, 0.15) is 21.7 Å². The molecule has 0 bridgehead atoms. The molecule has 1 heterocycles. The van der Waals surface area contributed by atoms with Gasteiger partial charge in [0, 0.05) is 11.8 Å². The fraction of sp³-hybridized carbons (Fsp3) is 0.105. The van der Waals surface area contributed by atoms with Gasteiger partial charge in [-0.05, 0) is 42.3 Å². The third kappa shape index (κ3) is 3.64. The largest absolute Gasteiger partial charge is 0.426 e. The molecule has 5 nitrogen and oxygen atoms in total. The number of para-hydroxylation sites is 1. The van der Waals surface area contributed by atoms with Gasteiger partial charge in [0.25, 0.3) is 11.9 Å². The first-order valence-electron chi connectivity index (χ1n) is 7.50. The zero-order chi connectivity index (χ0) is 16.9. The third-order valence-electron chi connectivity index (χ3n) is 3.50. The number of rotatable bonds is 5. The van der Waals surface area contributed by atoms with E-state index in [4.69, 9.17) is 9.15 Å². The smallest absolute Gasteiger partial charge is 0.291 e. The molecule has 0 saturated heterocycles. The molecule has 0 saturated carbocycles. The van der Waals surface area contributed by atoms with Gasteiger partial charge in [-0.15, -0.1) is 0 Å². The Hall–Kier alpha value is -3.05. The molecular weight excluding hydrogens is 306 g/mol. The lowest BCUT2D eigenvalue weighted by atomic mass is 10.1. The van der Waals surface area contributed by atoms with E-state index in [-0.39, 0.29) is 24.2 Å². The lowest BCUT2D eigenvalue weighted by Gasteiger charge is -2.08. The van der Waals surface area contributed by atoms with Crippen molar-refractivity contribution in [1.29, 1.82) is 0 Å². The Morgan fingerprint density at radius 3 is 2.67 bits per heavy atom. The minimum absolute atomic E-state index is 0.0844. The first-order valence-corrected chi connectivity index (χ1v) is 7.50. The average molecular weight is 323 g/mol. The molecule has 0 spiro atoms. The number of aliphatic hydroxyl groups is 1. The minimum Gasteiger partial charge on any atom is -0.426 e. The number of carbonyl (C=O) groups is 1. The maximum Gasteiger partial charge on any atom is 0.291 e. The number of hydrogen-bond donors (Lipinski definition) is 2. The van der Waals surface area contributed by atoms with E-state index in [1.54, 1.807) is 30.3 Å². The molecule has 0 aliphatic heterocycles. The number of ether oxygens (including phenoxy) is 1. The summed E-state index contributed by atoms with van der Waals surface area (Å²) >= 11 is 0. The van der Waals surface area contributed by atoms with Gasteiger partial charge in [0.15, 0.2) is 5.76 Å². The van der Waals surface area contributed by atoms with E-state index in [1.807, 2.05) is 37.3 Å². The van der Waals surface area contributed by atoms with Crippen LogP contribution < -0.4 is 10.1 Å². The highest BCUT2D eigenvalue weighted by Crippen LogP contribution is 2.24. The Kier molecular flexibility index (Phi) is 4.63. The first kappa shape index (κ1) is 15.8. The maximum atomic E-state index is 12.3. The number of amides is 1. The number of furan rings is 1. The van der Waals surface area contributed by atoms with Crippen molar-refractivity contribution in [3.63, 3.8) is 0 Å². The molecule has 3 rings (SSSR count). The first-order chi connectivity index (χ1) is 11.7. The molecule has 0 atom stereocenters. The fourth-order valence-electron chi connectivity index (χ4n) is 2.19. The van der Waals surface area contributed by atoms with Gasteiger partial charge in [-0.2, -0.15) is 0 Å². The standard InChI is InChI=1S/C19H17NO4/c1-13-7-8-14(12-21)11-16(13)20-19(22)17-9-10-18(24-17)23-15-5-3-2-4-6-15/h2-11,21H,12H2,1H3,(H,20,22). The van der Waals surface area contributed by atoms with Crippen molar-refractivity contribution >= 4 is 11.6 Å². The van der Waals surface area contributed by atoms with Gasteiger partial charge in [-0.25, -0.2) is 0 Å². The fourth-order valence-corrected chi connectivity index (χ4v) is 2.19. The molecular formula is C19H17NO4. The predicted octanol–water partition coefficient (Wildman–Crippen LogP) is 4.12. The Morgan fingerprint density at radius 1 is 1.12 bits per heavy atom. The lowest BCUT2D eigenvalue weighted by Crippen LogP contribution is -2.12. The lowest BCUT2D eigenvalue weighted by molar-refractivity contribution is 0.0991. The Balaban J connectivity index is 1.72. The van der Waals surface area contributed by atoms with E-state index in [9.17, 15) is 9.90 Å². The molecule has 0 aliphatic carbocycles. The van der Waals surface area contributed by atoms with Crippen LogP contribution in [0.2, 0.25) is 0 Å². The van der Waals surface area contributed by atoms with Crippen LogP contribution in [0.15, 0.2) is 65.1 Å². The van der Waals surface area contributed by atoms with E-state index in [0.29, 0.717) is 11.4 Å². The van der Waals surface area contributed by atoms with Crippen LogP contribution in [-0.4, -0.2) is 11.0 Å². The van der Waals surface area contributed by atoms with Crippen molar-refractivity contribution in [3.05, 3.63) is 77.6 Å². The van der Waals surface area contributed by atoms with E-state index in [2.05, 4.69) is 5.32 Å². The summed E-state index contributed by atoms with van der Waals surface area (Å²) in [7, 11) is 0. The van der Waals surface area contributed by atoms with Gasteiger partial charge in [0.1, 0.15) is 5.75 Å². The van der Waals surface area contributed by atoms with Crippen LogP contribution in [0.3, 0.4) is 0 Å². The molecule has 122 valence electrons. The van der Waals surface area contributed by atoms with Crippen molar-refractivity contribution in [2.24, 2.45) is 0 Å². The van der Waals surface area contributed by atoms with Gasteiger partial charge >= 0.3 is 0 Å². The van der Waals surface area contributed by atoms with E-state index >= 15 is 0 Å². The Bertz CT molecular complexity index is 840. The highest BCUT2D eigenvalue weighted by molar-refractivity contribution is 6.02. The summed E-state index contributed by atoms with van der Waals surface area (Å²) in [6.45, 7) is 1.79. The highest BCUT2D eigenvalue weighted by Gasteiger charge is 2.14. The molecule has 2 N–H and O–H groups in total. The quantitative estimate of drug-likeness (QED) is 0.741. The molecule has 2 aromatic carbocycles. The molecule has 0 radical (unpaired) electrons. The van der Waals surface area contributed by atoms with Gasteiger partial charge < -0.3 is 19.6 Å². The summed E-state index contributed by atoms with van der Waals surface area (Å²) in [4.78, 5) is 12.3. The maximum absolute atomic E-state index is 12.3. The van der Waals surface area contributed by atoms with Crippen molar-refractivity contribution in [2.45, 2.75) is 13.5 Å². The SMILES string of the molecule is Cc1ccc(CO)cc1NC(=O)c1ccc(Oc2ccccc2)o1. The van der Waals surface area contributed by atoms with Crippen LogP contribution >= 0.6 is 0 Å². The van der Waals surface area contributed by atoms with Gasteiger partial charge in [0.05, 0.1) is 6.61 Å². The zero-order valence-corrected chi connectivity index (χ0v) is 13.2. The molecule has 0 fully saturated rings. The Morgan fingerprint density at radius 2 is 1.92 bits per heavy atom. The summed E-state index contributed by atoms with van der Waals surface area (Å²) < 4.78 is 11.0. The predicted molar refractivity (Wildman–Crippen MR) is 90.3 cm³/mol. The van der Waals surface area contributed by atoms with Crippen LogP contribution in [0.4, 0.5) is 5.69 Å². The summed E-state index contributed by atoms with van der Waals surface area (Å²) in [5.41, 5.74) is 2.25. The molecule has 1 amide bonds. The van der Waals surface area contributed by atoms with Crippen molar-refractivity contribution in [3.8, 4) is 11.7 Å². The summed E-state index contributed by atoms with van der Waals surface area (Å²) in [5.74, 6) is 0.642. The molecule has 5 heteroatoms. The monoisotopic (exact) mass is 323 g/mol. The van der Waals surface area contributed by atoms with Gasteiger partial charge in [-0.1, -0.05) is 30.3 Å². The number of benzene rings is 2. The second-order valence-electron chi connectivity index (χ2n) is 5.30. The van der Waals surface area contributed by atoms with E-state index in [0.717, 1.165) is 11.1 Å². The second-order valence-corrected chi connectivity index (χ2v) is 5.30. The van der Waals surface area contributed by atoms with Crippen LogP contribution in [-0.2, 0) is 6.61 Å². The number of aliphatic hydroxyl groups excluding tert-OH is 1. The van der Waals surface area contributed by atoms with Crippen LogP contribution in [0.5, 0.6) is 11.7 Å². The normalized spacial score (nSPS) is 10.4. The molecule has 1 aromatic heterocycles. The molecule has 0 aliphatic rings. The molecule has 3 aromatic rings. The van der Waals surface area contributed by atoms with Crippen molar-refractivity contribution in [1.82, 2.24) is 0 Å². The highest BCUT2D eigenvalue weighted by atomic mass is 16.6. The second kappa shape index (κ2) is 7.02. The minimum atomic E-state index is -0.379. The van der Waals surface area contributed by atoms with E-state index < -0.39 is 0 Å². The number of aryl methyl sites for hydroxylation is 1. The summed E-state index contributed by atoms with van der Waals surface area (Å²) in [6, 6.07) is 17.7. The third-order valence-corrected chi connectivity index (χ3v) is 3.50. The summed E-state index contributed by atoms with van der Waals surface area (Å²) in [6.07, 6.45) is 0. The van der Waals surface area contributed by atoms with Crippen LogP contribution in [0.25, 0.3) is 0 Å². The Labute approximate surface area is 139 Å². The number of anilines is 1.